The number of amides is 1. The topological polar surface area (TPSA) is 98.5 Å². The molecule has 1 aromatic rings. The molecule has 1 aliphatic rings. The number of rotatable bonds is 5. The van der Waals surface area contributed by atoms with Crippen LogP contribution in [-0.4, -0.2) is 33.1 Å². The lowest BCUT2D eigenvalue weighted by atomic mass is 9.89. The molecule has 1 fully saturated rings. The normalized spacial score (nSPS) is 21.7. The van der Waals surface area contributed by atoms with E-state index in [9.17, 15) is 17.6 Å². The predicted octanol–water partition coefficient (Wildman–Crippen LogP) is 0.770. The summed E-state index contributed by atoms with van der Waals surface area (Å²) in [6.45, 7) is 2.50. The van der Waals surface area contributed by atoms with Crippen LogP contribution in [0.25, 0.3) is 0 Å². The second-order valence-electron chi connectivity index (χ2n) is 4.91. The highest BCUT2D eigenvalue weighted by Gasteiger charge is 2.31. The maximum absolute atomic E-state index is 13.7. The third-order valence-corrected chi connectivity index (χ3v) is 4.25. The molecule has 116 valence electrons. The summed E-state index contributed by atoms with van der Waals surface area (Å²) in [6.07, 6.45) is 1.44. The molecule has 0 spiro atoms. The molecule has 0 bridgehead atoms. The van der Waals surface area contributed by atoms with Gasteiger partial charge in [-0.05, 0) is 38.0 Å². The number of sulfonamides is 1. The van der Waals surface area contributed by atoms with Gasteiger partial charge in [0, 0.05) is 12.6 Å². The molecule has 1 aliphatic carbocycles. The molecule has 21 heavy (non-hydrogen) atoms. The molecule has 1 saturated carbocycles. The zero-order chi connectivity index (χ0) is 15.6. The van der Waals surface area contributed by atoms with Crippen molar-refractivity contribution in [3.05, 3.63) is 29.6 Å². The summed E-state index contributed by atoms with van der Waals surface area (Å²) in [5.74, 6) is -1.45. The lowest BCUT2D eigenvalue weighted by molar-refractivity contribution is -0.00865. The molecule has 0 aromatic heterocycles. The Morgan fingerprint density at radius 1 is 1.48 bits per heavy atom. The van der Waals surface area contributed by atoms with Gasteiger partial charge < -0.3 is 10.1 Å². The van der Waals surface area contributed by atoms with Gasteiger partial charge >= 0.3 is 0 Å². The molecule has 0 saturated heterocycles. The fourth-order valence-corrected chi connectivity index (χ4v) is 2.71. The summed E-state index contributed by atoms with van der Waals surface area (Å²) in [5, 5.41) is 7.61. The molecule has 8 heteroatoms. The van der Waals surface area contributed by atoms with Crippen LogP contribution in [0, 0.1) is 5.82 Å². The van der Waals surface area contributed by atoms with Crippen molar-refractivity contribution in [1.29, 1.82) is 0 Å². The molecule has 1 aromatic carbocycles. The first-order valence-electron chi connectivity index (χ1n) is 6.56. The van der Waals surface area contributed by atoms with Crippen LogP contribution in [0.1, 0.15) is 30.1 Å². The SMILES string of the molecule is CCOC1CC(NC(=O)c2cc(S(N)(=O)=O)ccc2F)C1. The van der Waals surface area contributed by atoms with Crippen molar-refractivity contribution in [3.8, 4) is 0 Å². The largest absolute Gasteiger partial charge is 0.378 e. The highest BCUT2D eigenvalue weighted by atomic mass is 32.2. The minimum Gasteiger partial charge on any atom is -0.378 e. The maximum Gasteiger partial charge on any atom is 0.254 e. The van der Waals surface area contributed by atoms with Crippen molar-refractivity contribution in [2.45, 2.75) is 36.8 Å². The van der Waals surface area contributed by atoms with E-state index in [2.05, 4.69) is 5.32 Å². The summed E-state index contributed by atoms with van der Waals surface area (Å²) >= 11 is 0. The number of hydrogen-bond donors (Lipinski definition) is 2. The van der Waals surface area contributed by atoms with Crippen LogP contribution in [0.4, 0.5) is 4.39 Å². The Bertz CT molecular complexity index is 642. The first-order chi connectivity index (χ1) is 9.81. The molecule has 1 amide bonds. The van der Waals surface area contributed by atoms with Crippen LogP contribution in [0.5, 0.6) is 0 Å². The number of nitrogens with one attached hydrogen (secondary N) is 1. The molecule has 2 rings (SSSR count). The average molecular weight is 316 g/mol. The van der Waals surface area contributed by atoms with Gasteiger partial charge in [0.05, 0.1) is 16.6 Å². The van der Waals surface area contributed by atoms with Gasteiger partial charge in [-0.25, -0.2) is 17.9 Å². The van der Waals surface area contributed by atoms with E-state index in [0.29, 0.717) is 19.4 Å². The Hall–Kier alpha value is -1.51. The van der Waals surface area contributed by atoms with Gasteiger partial charge in [0.25, 0.3) is 5.91 Å². The Kier molecular flexibility index (Phi) is 4.60. The van der Waals surface area contributed by atoms with Crippen molar-refractivity contribution in [3.63, 3.8) is 0 Å². The molecular formula is C13H17FN2O4S. The maximum atomic E-state index is 13.7. The fraction of sp³-hybridized carbons (Fsp3) is 0.462. The van der Waals surface area contributed by atoms with Crippen molar-refractivity contribution >= 4 is 15.9 Å². The van der Waals surface area contributed by atoms with Crippen molar-refractivity contribution in [2.75, 3.05) is 6.61 Å². The Morgan fingerprint density at radius 3 is 2.71 bits per heavy atom. The minimum atomic E-state index is -3.98. The number of carbonyl (C=O) groups excluding carboxylic acids is 1. The molecule has 0 heterocycles. The van der Waals surface area contributed by atoms with Crippen LogP contribution in [0.3, 0.4) is 0 Å². The zero-order valence-corrected chi connectivity index (χ0v) is 12.3. The second kappa shape index (κ2) is 6.08. The van der Waals surface area contributed by atoms with Crippen LogP contribution in [0.2, 0.25) is 0 Å². The van der Waals surface area contributed by atoms with Crippen LogP contribution in [-0.2, 0) is 14.8 Å². The number of benzene rings is 1. The molecule has 0 atom stereocenters. The first-order valence-corrected chi connectivity index (χ1v) is 8.10. The molecule has 6 nitrogen and oxygen atoms in total. The van der Waals surface area contributed by atoms with Crippen molar-refractivity contribution < 1.29 is 22.3 Å². The Morgan fingerprint density at radius 2 is 2.14 bits per heavy atom. The third-order valence-electron chi connectivity index (χ3n) is 3.34. The van der Waals surface area contributed by atoms with Gasteiger partial charge in [-0.1, -0.05) is 0 Å². The number of hydrogen-bond acceptors (Lipinski definition) is 4. The summed E-state index contributed by atoms with van der Waals surface area (Å²) in [7, 11) is -3.98. The van der Waals surface area contributed by atoms with E-state index >= 15 is 0 Å². The summed E-state index contributed by atoms with van der Waals surface area (Å²) in [5.41, 5.74) is -0.332. The first kappa shape index (κ1) is 15.9. The van der Waals surface area contributed by atoms with Crippen molar-refractivity contribution in [1.82, 2.24) is 5.32 Å². The summed E-state index contributed by atoms with van der Waals surface area (Å²) in [4.78, 5) is 11.7. The summed E-state index contributed by atoms with van der Waals surface area (Å²) in [6, 6.07) is 2.79. The van der Waals surface area contributed by atoms with Gasteiger partial charge in [0.15, 0.2) is 0 Å². The van der Waals surface area contributed by atoms with Crippen LogP contribution in [0.15, 0.2) is 23.1 Å². The lowest BCUT2D eigenvalue weighted by Crippen LogP contribution is -2.48. The number of carbonyl (C=O) groups is 1. The number of ether oxygens (including phenoxy) is 1. The van der Waals surface area contributed by atoms with Crippen LogP contribution >= 0.6 is 0 Å². The van der Waals surface area contributed by atoms with E-state index in [1.807, 2.05) is 6.92 Å². The molecular weight excluding hydrogens is 299 g/mol. The zero-order valence-electron chi connectivity index (χ0n) is 11.5. The Balaban J connectivity index is 2.06. The molecule has 0 unspecified atom stereocenters. The quantitative estimate of drug-likeness (QED) is 0.838. The second-order valence-corrected chi connectivity index (χ2v) is 6.47. The van der Waals surface area contributed by atoms with E-state index in [-0.39, 0.29) is 22.6 Å². The summed E-state index contributed by atoms with van der Waals surface area (Å²) < 4.78 is 41.5. The van der Waals surface area contributed by atoms with Crippen molar-refractivity contribution in [2.24, 2.45) is 5.14 Å². The van der Waals surface area contributed by atoms with E-state index in [1.165, 1.54) is 0 Å². The van der Waals surface area contributed by atoms with E-state index < -0.39 is 21.7 Å². The van der Waals surface area contributed by atoms with Gasteiger partial charge in [0.2, 0.25) is 10.0 Å². The van der Waals surface area contributed by atoms with Gasteiger partial charge in [-0.15, -0.1) is 0 Å². The van der Waals surface area contributed by atoms with Gasteiger partial charge in [-0.2, -0.15) is 0 Å². The smallest absolute Gasteiger partial charge is 0.254 e. The fourth-order valence-electron chi connectivity index (χ4n) is 2.17. The van der Waals surface area contributed by atoms with Crippen LogP contribution < -0.4 is 10.5 Å². The minimum absolute atomic E-state index is 0.0911. The average Bonchev–Trinajstić information content (AvgIpc) is 2.35. The highest BCUT2D eigenvalue weighted by molar-refractivity contribution is 7.89. The molecule has 0 aliphatic heterocycles. The highest BCUT2D eigenvalue weighted by Crippen LogP contribution is 2.24. The predicted molar refractivity (Wildman–Crippen MR) is 73.7 cm³/mol. The van der Waals surface area contributed by atoms with E-state index in [1.54, 1.807) is 0 Å². The van der Waals surface area contributed by atoms with Gasteiger partial charge in [0.1, 0.15) is 5.82 Å². The lowest BCUT2D eigenvalue weighted by Gasteiger charge is -2.35. The number of nitrogens with two attached hydrogens (primary N) is 1. The number of primary sulfonamides is 1. The van der Waals surface area contributed by atoms with E-state index in [0.717, 1.165) is 18.2 Å². The van der Waals surface area contributed by atoms with E-state index in [4.69, 9.17) is 9.88 Å². The standard InChI is InChI=1S/C13H17FN2O4S/c1-2-20-9-5-8(6-9)16-13(17)11-7-10(21(15,18)19)3-4-12(11)14/h3-4,7-9H,2,5-6H2,1H3,(H,16,17)(H2,15,18,19). The molecule has 0 radical (unpaired) electrons. The molecule has 3 N–H and O–H groups in total. The third kappa shape index (κ3) is 3.78. The Labute approximate surface area is 122 Å². The monoisotopic (exact) mass is 316 g/mol. The van der Waals surface area contributed by atoms with Gasteiger partial charge in [-0.3, -0.25) is 4.79 Å². The number of halogens is 1.